The molecule has 0 spiro atoms. The summed E-state index contributed by atoms with van der Waals surface area (Å²) in [7, 11) is 1.27. The summed E-state index contributed by atoms with van der Waals surface area (Å²) in [5.41, 5.74) is 0.370. The Balaban J connectivity index is 2.13. The Morgan fingerprint density at radius 1 is 1.25 bits per heavy atom. The van der Waals surface area contributed by atoms with Crippen molar-refractivity contribution in [3.63, 3.8) is 0 Å². The van der Waals surface area contributed by atoms with Gasteiger partial charge in [0.2, 0.25) is 0 Å². The summed E-state index contributed by atoms with van der Waals surface area (Å²) >= 11 is 6.63. The SMILES string of the molecule is COC(=O)c1ccc(C(=O)Nc2ccc(F)c(Cl)c2)s1. The van der Waals surface area contributed by atoms with Gasteiger partial charge >= 0.3 is 5.97 Å². The topological polar surface area (TPSA) is 55.4 Å². The molecule has 1 amide bonds. The second-order valence-electron chi connectivity index (χ2n) is 3.74. The molecule has 0 fully saturated rings. The molecule has 0 aliphatic rings. The van der Waals surface area contributed by atoms with Crippen LogP contribution in [0.5, 0.6) is 0 Å². The van der Waals surface area contributed by atoms with Crippen LogP contribution in [0, 0.1) is 5.82 Å². The van der Waals surface area contributed by atoms with Crippen LogP contribution in [0.1, 0.15) is 19.3 Å². The van der Waals surface area contributed by atoms with Crippen LogP contribution in [0.25, 0.3) is 0 Å². The first-order valence-electron chi connectivity index (χ1n) is 5.46. The van der Waals surface area contributed by atoms with Crippen molar-refractivity contribution in [1.29, 1.82) is 0 Å². The summed E-state index contributed by atoms with van der Waals surface area (Å²) in [6.45, 7) is 0. The lowest BCUT2D eigenvalue weighted by molar-refractivity contribution is 0.0606. The van der Waals surface area contributed by atoms with Crippen LogP contribution in [0.2, 0.25) is 5.02 Å². The number of methoxy groups -OCH3 is 1. The Morgan fingerprint density at radius 3 is 2.60 bits per heavy atom. The highest BCUT2D eigenvalue weighted by molar-refractivity contribution is 7.16. The molecule has 104 valence electrons. The number of hydrogen-bond donors (Lipinski definition) is 1. The van der Waals surface area contributed by atoms with E-state index in [0.29, 0.717) is 15.4 Å². The fraction of sp³-hybridized carbons (Fsp3) is 0.0769. The van der Waals surface area contributed by atoms with Crippen molar-refractivity contribution in [2.24, 2.45) is 0 Å². The summed E-state index contributed by atoms with van der Waals surface area (Å²) in [5, 5.41) is 2.49. The number of hydrogen-bond acceptors (Lipinski definition) is 4. The van der Waals surface area contributed by atoms with Gasteiger partial charge in [-0.05, 0) is 30.3 Å². The Kier molecular flexibility index (Phi) is 4.36. The molecule has 0 bridgehead atoms. The molecule has 1 aromatic heterocycles. The standard InChI is InChI=1S/C13H9ClFNO3S/c1-19-13(18)11-5-4-10(20-11)12(17)16-7-2-3-9(15)8(14)6-7/h2-6H,1H3,(H,16,17). The predicted octanol–water partition coefficient (Wildman–Crippen LogP) is 3.58. The normalized spacial score (nSPS) is 10.2. The quantitative estimate of drug-likeness (QED) is 0.881. The zero-order valence-corrected chi connectivity index (χ0v) is 11.8. The molecule has 0 saturated heterocycles. The number of benzene rings is 1. The molecule has 20 heavy (non-hydrogen) atoms. The van der Waals surface area contributed by atoms with Gasteiger partial charge in [0.25, 0.3) is 5.91 Å². The van der Waals surface area contributed by atoms with Gasteiger partial charge in [0.15, 0.2) is 0 Å². The molecule has 2 aromatic rings. The highest BCUT2D eigenvalue weighted by atomic mass is 35.5. The van der Waals surface area contributed by atoms with Gasteiger partial charge < -0.3 is 10.1 Å². The minimum Gasteiger partial charge on any atom is -0.465 e. The molecule has 2 rings (SSSR count). The number of carbonyl (C=O) groups is 2. The van der Waals surface area contributed by atoms with E-state index in [0.717, 1.165) is 17.4 Å². The molecule has 1 heterocycles. The fourth-order valence-corrected chi connectivity index (χ4v) is 2.44. The number of esters is 1. The second-order valence-corrected chi connectivity index (χ2v) is 5.23. The smallest absolute Gasteiger partial charge is 0.348 e. The lowest BCUT2D eigenvalue weighted by atomic mass is 10.3. The summed E-state index contributed by atoms with van der Waals surface area (Å²) in [6.07, 6.45) is 0. The van der Waals surface area contributed by atoms with Crippen molar-refractivity contribution in [1.82, 2.24) is 0 Å². The third kappa shape index (κ3) is 3.15. The zero-order chi connectivity index (χ0) is 14.7. The highest BCUT2D eigenvalue weighted by Crippen LogP contribution is 2.22. The fourth-order valence-electron chi connectivity index (χ4n) is 1.44. The molecule has 0 unspecified atom stereocenters. The molecule has 1 N–H and O–H groups in total. The average Bonchev–Trinajstić information content (AvgIpc) is 2.92. The van der Waals surface area contributed by atoms with E-state index in [1.807, 2.05) is 0 Å². The molecule has 7 heteroatoms. The van der Waals surface area contributed by atoms with E-state index in [1.165, 1.54) is 31.4 Å². The van der Waals surface area contributed by atoms with Gasteiger partial charge in [-0.25, -0.2) is 9.18 Å². The van der Waals surface area contributed by atoms with Crippen molar-refractivity contribution in [2.75, 3.05) is 12.4 Å². The number of amides is 1. The van der Waals surface area contributed by atoms with Crippen molar-refractivity contribution in [3.05, 3.63) is 50.9 Å². The molecule has 0 aliphatic heterocycles. The van der Waals surface area contributed by atoms with Crippen molar-refractivity contribution in [2.45, 2.75) is 0 Å². The van der Waals surface area contributed by atoms with Crippen LogP contribution in [0.4, 0.5) is 10.1 Å². The largest absolute Gasteiger partial charge is 0.465 e. The van der Waals surface area contributed by atoms with Gasteiger partial charge in [-0.15, -0.1) is 11.3 Å². The van der Waals surface area contributed by atoms with Crippen LogP contribution >= 0.6 is 22.9 Å². The van der Waals surface area contributed by atoms with Crippen LogP contribution < -0.4 is 5.32 Å². The molecule has 0 aliphatic carbocycles. The number of thiophene rings is 1. The van der Waals surface area contributed by atoms with Crippen molar-refractivity contribution in [3.8, 4) is 0 Å². The third-order valence-corrected chi connectivity index (χ3v) is 3.75. The molecular weight excluding hydrogens is 305 g/mol. The Bertz CT molecular complexity index is 671. The first kappa shape index (κ1) is 14.5. The maximum atomic E-state index is 13.0. The van der Waals surface area contributed by atoms with Crippen LogP contribution in [0.15, 0.2) is 30.3 Å². The van der Waals surface area contributed by atoms with E-state index in [2.05, 4.69) is 10.1 Å². The van der Waals surface area contributed by atoms with Crippen molar-refractivity contribution < 1.29 is 18.7 Å². The average molecular weight is 314 g/mol. The Labute approximate surface area is 123 Å². The number of nitrogens with one attached hydrogen (secondary N) is 1. The lowest BCUT2D eigenvalue weighted by Crippen LogP contribution is -2.10. The third-order valence-electron chi connectivity index (χ3n) is 2.39. The predicted molar refractivity (Wildman–Crippen MR) is 75.0 cm³/mol. The maximum Gasteiger partial charge on any atom is 0.348 e. The van der Waals surface area contributed by atoms with Gasteiger partial charge in [-0.2, -0.15) is 0 Å². The minimum atomic E-state index is -0.561. The van der Waals surface area contributed by atoms with Gasteiger partial charge in [0, 0.05) is 5.69 Å². The van der Waals surface area contributed by atoms with E-state index in [1.54, 1.807) is 0 Å². The monoisotopic (exact) mass is 313 g/mol. The first-order chi connectivity index (χ1) is 9.51. The van der Waals surface area contributed by atoms with E-state index in [9.17, 15) is 14.0 Å². The van der Waals surface area contributed by atoms with Crippen LogP contribution in [-0.4, -0.2) is 19.0 Å². The summed E-state index contributed by atoms with van der Waals surface area (Å²) in [5.74, 6) is -1.47. The summed E-state index contributed by atoms with van der Waals surface area (Å²) in [6, 6.07) is 6.88. The molecular formula is C13H9ClFNO3S. The molecule has 0 atom stereocenters. The number of carbonyl (C=O) groups excluding carboxylic acids is 2. The van der Waals surface area contributed by atoms with E-state index < -0.39 is 17.7 Å². The van der Waals surface area contributed by atoms with Gasteiger partial charge in [-0.1, -0.05) is 11.6 Å². The molecule has 1 aromatic carbocycles. The number of ether oxygens (including phenoxy) is 1. The summed E-state index contributed by atoms with van der Waals surface area (Å²) in [4.78, 5) is 23.9. The zero-order valence-electron chi connectivity index (χ0n) is 10.3. The van der Waals surface area contributed by atoms with E-state index in [-0.39, 0.29) is 5.02 Å². The summed E-state index contributed by atoms with van der Waals surface area (Å²) < 4.78 is 17.6. The van der Waals surface area contributed by atoms with Gasteiger partial charge in [0.05, 0.1) is 17.0 Å². The second kappa shape index (κ2) is 6.02. The van der Waals surface area contributed by atoms with E-state index in [4.69, 9.17) is 11.6 Å². The number of halogens is 2. The number of anilines is 1. The van der Waals surface area contributed by atoms with Crippen LogP contribution in [-0.2, 0) is 4.74 Å². The van der Waals surface area contributed by atoms with E-state index >= 15 is 0 Å². The Morgan fingerprint density at radius 2 is 1.95 bits per heavy atom. The van der Waals surface area contributed by atoms with Crippen molar-refractivity contribution >= 4 is 40.5 Å². The highest BCUT2D eigenvalue weighted by Gasteiger charge is 2.14. The van der Waals surface area contributed by atoms with Gasteiger partial charge in [0.1, 0.15) is 10.7 Å². The Hall–Kier alpha value is -1.92. The molecule has 0 radical (unpaired) electrons. The lowest BCUT2D eigenvalue weighted by Gasteiger charge is -2.04. The van der Waals surface area contributed by atoms with Gasteiger partial charge in [-0.3, -0.25) is 4.79 Å². The molecule has 0 saturated carbocycles. The minimum absolute atomic E-state index is 0.0794. The maximum absolute atomic E-state index is 13.0. The first-order valence-corrected chi connectivity index (χ1v) is 6.65. The van der Waals surface area contributed by atoms with Crippen LogP contribution in [0.3, 0.4) is 0 Å². The number of rotatable bonds is 3. The molecule has 4 nitrogen and oxygen atoms in total.